The lowest BCUT2D eigenvalue weighted by Gasteiger charge is -2.49. The summed E-state index contributed by atoms with van der Waals surface area (Å²) in [5, 5.41) is 9.35. The molecule has 2 aliphatic heterocycles. The number of pyridine rings is 1. The smallest absolute Gasteiger partial charge is 0.146 e. The lowest BCUT2D eigenvalue weighted by atomic mass is 9.88. The molecule has 5 nitrogen and oxygen atoms in total. The third-order valence-corrected chi connectivity index (χ3v) is 5.61. The monoisotopic (exact) mass is 362 g/mol. The van der Waals surface area contributed by atoms with Gasteiger partial charge in [0.1, 0.15) is 11.9 Å². The fraction of sp³-hybridized carbons (Fsp3) is 0.455. The Kier molecular flexibility index (Phi) is 5.11. The molecule has 0 N–H and O–H groups in total. The standard InChI is InChI=1S/C22H26N4O/c1-18-15-25(16-19-6-3-2-4-7-19)17-22(27-18)9-12-26(13-10-22)21-20(14-23)8-5-11-24-21/h2-8,11,18H,9-10,12-13,15-17H2,1H3. The topological polar surface area (TPSA) is 52.4 Å². The molecule has 0 amide bonds. The maximum Gasteiger partial charge on any atom is 0.146 e. The molecule has 0 radical (unpaired) electrons. The van der Waals surface area contributed by atoms with Gasteiger partial charge in [0.15, 0.2) is 0 Å². The summed E-state index contributed by atoms with van der Waals surface area (Å²) < 4.78 is 6.47. The van der Waals surface area contributed by atoms with E-state index >= 15 is 0 Å². The molecule has 0 saturated carbocycles. The average molecular weight is 362 g/mol. The Balaban J connectivity index is 1.44. The largest absolute Gasteiger partial charge is 0.369 e. The van der Waals surface area contributed by atoms with E-state index in [1.807, 2.05) is 12.1 Å². The van der Waals surface area contributed by atoms with Crippen molar-refractivity contribution in [1.82, 2.24) is 9.88 Å². The van der Waals surface area contributed by atoms with Gasteiger partial charge in [-0.3, -0.25) is 4.90 Å². The fourth-order valence-corrected chi connectivity index (χ4v) is 4.44. The highest BCUT2D eigenvalue weighted by Crippen LogP contribution is 2.34. The second kappa shape index (κ2) is 7.67. The lowest BCUT2D eigenvalue weighted by molar-refractivity contribution is -0.160. The van der Waals surface area contributed by atoms with E-state index in [2.05, 4.69) is 58.1 Å². The molecule has 4 rings (SSSR count). The Labute approximate surface area is 161 Å². The molecule has 0 bridgehead atoms. The van der Waals surface area contributed by atoms with Crippen molar-refractivity contribution in [3.63, 3.8) is 0 Å². The van der Waals surface area contributed by atoms with Crippen LogP contribution in [0.3, 0.4) is 0 Å². The molecular weight excluding hydrogens is 336 g/mol. The third kappa shape index (κ3) is 3.97. The van der Waals surface area contributed by atoms with E-state index in [1.165, 1.54) is 5.56 Å². The summed E-state index contributed by atoms with van der Waals surface area (Å²) in [6.07, 6.45) is 3.92. The van der Waals surface area contributed by atoms with E-state index in [4.69, 9.17) is 4.74 Å². The van der Waals surface area contributed by atoms with Crippen molar-refractivity contribution in [1.29, 1.82) is 5.26 Å². The van der Waals surface area contributed by atoms with Crippen LogP contribution in [0.15, 0.2) is 48.7 Å². The van der Waals surface area contributed by atoms with Gasteiger partial charge >= 0.3 is 0 Å². The zero-order chi connectivity index (χ0) is 18.7. The molecular formula is C22H26N4O. The number of piperidine rings is 1. The van der Waals surface area contributed by atoms with E-state index in [0.717, 1.165) is 51.4 Å². The normalized spacial score (nSPS) is 22.5. The van der Waals surface area contributed by atoms with E-state index in [0.29, 0.717) is 5.56 Å². The van der Waals surface area contributed by atoms with Crippen LogP contribution in [0.2, 0.25) is 0 Å². The van der Waals surface area contributed by atoms with Gasteiger partial charge < -0.3 is 9.64 Å². The number of morpholine rings is 1. The molecule has 2 aliphatic rings. The van der Waals surface area contributed by atoms with Crippen LogP contribution in [0, 0.1) is 11.3 Å². The van der Waals surface area contributed by atoms with Crippen LogP contribution in [0.25, 0.3) is 0 Å². The molecule has 1 atom stereocenters. The molecule has 1 unspecified atom stereocenters. The van der Waals surface area contributed by atoms with Gasteiger partial charge in [0.2, 0.25) is 0 Å². The van der Waals surface area contributed by atoms with Crippen LogP contribution in [0.4, 0.5) is 5.82 Å². The summed E-state index contributed by atoms with van der Waals surface area (Å²) in [6.45, 7) is 6.83. The highest BCUT2D eigenvalue weighted by Gasteiger charge is 2.42. The zero-order valence-corrected chi connectivity index (χ0v) is 15.8. The molecule has 3 heterocycles. The number of ether oxygens (including phenoxy) is 1. The lowest BCUT2D eigenvalue weighted by Crippen LogP contribution is -2.59. The third-order valence-electron chi connectivity index (χ3n) is 5.61. The number of rotatable bonds is 3. The van der Waals surface area contributed by atoms with Crippen LogP contribution in [-0.2, 0) is 11.3 Å². The van der Waals surface area contributed by atoms with Crippen molar-refractivity contribution in [2.45, 2.75) is 38.0 Å². The number of nitrogens with zero attached hydrogens (tertiary/aromatic N) is 4. The first-order valence-corrected chi connectivity index (χ1v) is 9.72. The average Bonchev–Trinajstić information content (AvgIpc) is 2.69. The van der Waals surface area contributed by atoms with Gasteiger partial charge in [0, 0.05) is 38.9 Å². The maximum absolute atomic E-state index is 9.35. The summed E-state index contributed by atoms with van der Waals surface area (Å²) >= 11 is 0. The Bertz CT molecular complexity index is 809. The minimum absolute atomic E-state index is 0.0927. The second-order valence-electron chi connectivity index (χ2n) is 7.74. The first-order valence-electron chi connectivity index (χ1n) is 9.72. The van der Waals surface area contributed by atoms with Crippen molar-refractivity contribution < 1.29 is 4.74 Å². The Morgan fingerprint density at radius 2 is 1.96 bits per heavy atom. The number of nitriles is 1. The SMILES string of the molecule is CC1CN(Cc2ccccc2)CC2(CCN(c3ncccc3C#N)CC2)O1. The highest BCUT2D eigenvalue weighted by molar-refractivity contribution is 5.53. The number of anilines is 1. The first kappa shape index (κ1) is 18.0. The summed E-state index contributed by atoms with van der Waals surface area (Å²) in [5.74, 6) is 0.805. The number of benzene rings is 1. The molecule has 5 heteroatoms. The van der Waals surface area contributed by atoms with Crippen LogP contribution in [-0.4, -0.2) is 47.8 Å². The molecule has 1 aromatic heterocycles. The Hall–Kier alpha value is -2.42. The molecule has 2 aromatic rings. The van der Waals surface area contributed by atoms with E-state index < -0.39 is 0 Å². The predicted molar refractivity (Wildman–Crippen MR) is 105 cm³/mol. The van der Waals surface area contributed by atoms with E-state index in [1.54, 1.807) is 6.20 Å². The number of hydrogen-bond acceptors (Lipinski definition) is 5. The second-order valence-corrected chi connectivity index (χ2v) is 7.74. The van der Waals surface area contributed by atoms with Crippen LogP contribution < -0.4 is 4.90 Å². The Morgan fingerprint density at radius 3 is 2.70 bits per heavy atom. The van der Waals surface area contributed by atoms with Gasteiger partial charge in [-0.25, -0.2) is 4.98 Å². The van der Waals surface area contributed by atoms with Crippen molar-refractivity contribution in [2.75, 3.05) is 31.1 Å². The molecule has 1 aromatic carbocycles. The zero-order valence-electron chi connectivity index (χ0n) is 15.8. The predicted octanol–water partition coefficient (Wildman–Crippen LogP) is 3.21. The molecule has 2 saturated heterocycles. The summed E-state index contributed by atoms with van der Waals surface area (Å²) in [7, 11) is 0. The molecule has 2 fully saturated rings. The minimum atomic E-state index is -0.0927. The molecule has 140 valence electrons. The number of aromatic nitrogens is 1. The molecule has 1 spiro atoms. The van der Waals surface area contributed by atoms with Gasteiger partial charge in [-0.05, 0) is 37.5 Å². The Morgan fingerprint density at radius 1 is 1.19 bits per heavy atom. The highest BCUT2D eigenvalue weighted by atomic mass is 16.5. The molecule has 0 aliphatic carbocycles. The van der Waals surface area contributed by atoms with Gasteiger partial charge in [-0.15, -0.1) is 0 Å². The fourth-order valence-electron chi connectivity index (χ4n) is 4.44. The van der Waals surface area contributed by atoms with Crippen LogP contribution in [0.5, 0.6) is 0 Å². The van der Waals surface area contributed by atoms with Crippen molar-refractivity contribution in [3.05, 3.63) is 59.8 Å². The summed E-state index contributed by atoms with van der Waals surface area (Å²) in [6, 6.07) is 16.6. The molecule has 27 heavy (non-hydrogen) atoms. The number of hydrogen-bond donors (Lipinski definition) is 0. The maximum atomic E-state index is 9.35. The first-order chi connectivity index (χ1) is 13.2. The van der Waals surface area contributed by atoms with Gasteiger partial charge in [-0.2, -0.15) is 5.26 Å². The van der Waals surface area contributed by atoms with Gasteiger partial charge in [0.05, 0.1) is 17.3 Å². The minimum Gasteiger partial charge on any atom is -0.369 e. The van der Waals surface area contributed by atoms with Crippen molar-refractivity contribution >= 4 is 5.82 Å². The van der Waals surface area contributed by atoms with Gasteiger partial charge in [0.25, 0.3) is 0 Å². The summed E-state index contributed by atoms with van der Waals surface area (Å²) in [4.78, 5) is 9.20. The van der Waals surface area contributed by atoms with Crippen molar-refractivity contribution in [2.24, 2.45) is 0 Å². The van der Waals surface area contributed by atoms with Crippen LogP contribution in [0.1, 0.15) is 30.9 Å². The van der Waals surface area contributed by atoms with Crippen LogP contribution >= 0.6 is 0 Å². The van der Waals surface area contributed by atoms with Crippen molar-refractivity contribution in [3.8, 4) is 6.07 Å². The van der Waals surface area contributed by atoms with Gasteiger partial charge in [-0.1, -0.05) is 30.3 Å². The van der Waals surface area contributed by atoms with E-state index in [-0.39, 0.29) is 11.7 Å². The van der Waals surface area contributed by atoms with E-state index in [9.17, 15) is 5.26 Å². The summed E-state index contributed by atoms with van der Waals surface area (Å²) in [5.41, 5.74) is 1.91. The quantitative estimate of drug-likeness (QED) is 0.839.